The second kappa shape index (κ2) is 6.12. The zero-order chi connectivity index (χ0) is 12.1. The van der Waals surface area contributed by atoms with E-state index < -0.39 is 0 Å². The normalized spacial score (nSPS) is 15.4. The Morgan fingerprint density at radius 2 is 2.29 bits per heavy atom. The molecule has 1 heterocycles. The first-order chi connectivity index (χ1) is 8.35. The van der Waals surface area contributed by atoms with Gasteiger partial charge in [-0.25, -0.2) is 4.68 Å². The maximum atomic E-state index is 5.70. The van der Waals surface area contributed by atoms with E-state index in [0.29, 0.717) is 6.54 Å². The van der Waals surface area contributed by atoms with Crippen LogP contribution in [-0.4, -0.2) is 28.2 Å². The minimum absolute atomic E-state index is 0.494. The summed E-state index contributed by atoms with van der Waals surface area (Å²) in [5.74, 6) is 0.837. The van der Waals surface area contributed by atoms with Gasteiger partial charge in [0, 0.05) is 26.3 Å². The zero-order valence-electron chi connectivity index (χ0n) is 10.6. The summed E-state index contributed by atoms with van der Waals surface area (Å²) in [6.07, 6.45) is 4.76. The van der Waals surface area contributed by atoms with E-state index in [-0.39, 0.29) is 0 Å². The third kappa shape index (κ3) is 3.51. The standard InChI is InChI=1S/C12H22N4O/c1-2-17-7-3-6-16-12(8-10-4-5-10)11(9-13)14-15-16/h10H,2-9,13H2,1H3. The van der Waals surface area contributed by atoms with Gasteiger partial charge in [0.1, 0.15) is 0 Å². The molecule has 1 aliphatic carbocycles. The molecule has 0 amide bonds. The molecule has 17 heavy (non-hydrogen) atoms. The molecule has 0 atom stereocenters. The van der Waals surface area contributed by atoms with Crippen molar-refractivity contribution in [2.24, 2.45) is 11.7 Å². The van der Waals surface area contributed by atoms with Gasteiger partial charge in [0.15, 0.2) is 0 Å². The van der Waals surface area contributed by atoms with Crippen molar-refractivity contribution in [1.82, 2.24) is 15.0 Å². The number of aryl methyl sites for hydroxylation is 1. The Morgan fingerprint density at radius 1 is 1.47 bits per heavy atom. The van der Waals surface area contributed by atoms with Gasteiger partial charge in [-0.1, -0.05) is 5.21 Å². The molecule has 1 aromatic heterocycles. The first-order valence-electron chi connectivity index (χ1n) is 6.54. The number of ether oxygens (including phenoxy) is 1. The van der Waals surface area contributed by atoms with Crippen LogP contribution in [0.2, 0.25) is 0 Å². The Kier molecular flexibility index (Phi) is 4.50. The lowest BCUT2D eigenvalue weighted by molar-refractivity contribution is 0.140. The molecule has 96 valence electrons. The fourth-order valence-electron chi connectivity index (χ4n) is 1.99. The van der Waals surface area contributed by atoms with Gasteiger partial charge in [0.2, 0.25) is 0 Å². The average molecular weight is 238 g/mol. The van der Waals surface area contributed by atoms with Crippen molar-refractivity contribution >= 4 is 0 Å². The molecule has 0 spiro atoms. The minimum atomic E-state index is 0.494. The highest BCUT2D eigenvalue weighted by atomic mass is 16.5. The molecule has 1 aromatic rings. The lowest BCUT2D eigenvalue weighted by Gasteiger charge is -2.07. The van der Waals surface area contributed by atoms with Crippen LogP contribution in [0, 0.1) is 5.92 Å². The van der Waals surface area contributed by atoms with Crippen LogP contribution in [0.4, 0.5) is 0 Å². The first-order valence-corrected chi connectivity index (χ1v) is 6.54. The summed E-state index contributed by atoms with van der Waals surface area (Å²) in [5, 5.41) is 8.36. The van der Waals surface area contributed by atoms with Crippen LogP contribution < -0.4 is 5.73 Å². The molecule has 0 bridgehead atoms. The molecule has 5 nitrogen and oxygen atoms in total. The van der Waals surface area contributed by atoms with Crippen molar-refractivity contribution in [2.75, 3.05) is 13.2 Å². The van der Waals surface area contributed by atoms with Crippen LogP contribution in [0.25, 0.3) is 0 Å². The molecule has 0 aromatic carbocycles. The third-order valence-corrected chi connectivity index (χ3v) is 3.15. The van der Waals surface area contributed by atoms with Gasteiger partial charge in [-0.3, -0.25) is 0 Å². The van der Waals surface area contributed by atoms with E-state index in [2.05, 4.69) is 10.3 Å². The van der Waals surface area contributed by atoms with E-state index >= 15 is 0 Å². The molecule has 2 N–H and O–H groups in total. The summed E-state index contributed by atoms with van der Waals surface area (Å²) in [4.78, 5) is 0. The summed E-state index contributed by atoms with van der Waals surface area (Å²) in [7, 11) is 0. The third-order valence-electron chi connectivity index (χ3n) is 3.15. The summed E-state index contributed by atoms with van der Waals surface area (Å²) in [5.41, 5.74) is 7.90. The lowest BCUT2D eigenvalue weighted by Crippen LogP contribution is -2.10. The SMILES string of the molecule is CCOCCCn1nnc(CN)c1CC1CC1. The number of hydrogen-bond acceptors (Lipinski definition) is 4. The predicted octanol–water partition coefficient (Wildman–Crippen LogP) is 1.12. The average Bonchev–Trinajstić information content (AvgIpc) is 3.07. The fraction of sp³-hybridized carbons (Fsp3) is 0.833. The van der Waals surface area contributed by atoms with Crippen molar-refractivity contribution < 1.29 is 4.74 Å². The second-order valence-electron chi connectivity index (χ2n) is 4.61. The highest BCUT2D eigenvalue weighted by molar-refractivity contribution is 5.12. The summed E-state index contributed by atoms with van der Waals surface area (Å²) in [6, 6.07) is 0. The first kappa shape index (κ1) is 12.5. The highest BCUT2D eigenvalue weighted by Crippen LogP contribution is 2.33. The van der Waals surface area contributed by atoms with Crippen molar-refractivity contribution in [3.63, 3.8) is 0 Å². The number of hydrogen-bond donors (Lipinski definition) is 1. The van der Waals surface area contributed by atoms with Gasteiger partial charge in [-0.2, -0.15) is 0 Å². The van der Waals surface area contributed by atoms with E-state index in [1.165, 1.54) is 18.5 Å². The summed E-state index contributed by atoms with van der Waals surface area (Å²) < 4.78 is 7.35. The summed E-state index contributed by atoms with van der Waals surface area (Å²) in [6.45, 7) is 4.96. The maximum absolute atomic E-state index is 5.70. The number of nitrogens with zero attached hydrogens (tertiary/aromatic N) is 3. The molecule has 1 saturated carbocycles. The van der Waals surface area contributed by atoms with Gasteiger partial charge >= 0.3 is 0 Å². The van der Waals surface area contributed by atoms with Crippen molar-refractivity contribution in [1.29, 1.82) is 0 Å². The van der Waals surface area contributed by atoms with E-state index in [9.17, 15) is 0 Å². The molecule has 2 rings (SSSR count). The van der Waals surface area contributed by atoms with E-state index in [0.717, 1.165) is 44.2 Å². The van der Waals surface area contributed by atoms with E-state index in [4.69, 9.17) is 10.5 Å². The van der Waals surface area contributed by atoms with Crippen molar-refractivity contribution in [2.45, 2.75) is 45.7 Å². The molecule has 0 saturated heterocycles. The van der Waals surface area contributed by atoms with Gasteiger partial charge in [-0.15, -0.1) is 5.10 Å². The van der Waals surface area contributed by atoms with Crippen LogP contribution >= 0.6 is 0 Å². The molecule has 0 radical (unpaired) electrons. The topological polar surface area (TPSA) is 66.0 Å². The predicted molar refractivity (Wildman–Crippen MR) is 65.5 cm³/mol. The fourth-order valence-corrected chi connectivity index (χ4v) is 1.99. The Labute approximate surface area is 102 Å². The van der Waals surface area contributed by atoms with Gasteiger partial charge in [0.05, 0.1) is 11.4 Å². The Balaban J connectivity index is 1.91. The zero-order valence-corrected chi connectivity index (χ0v) is 10.6. The second-order valence-corrected chi connectivity index (χ2v) is 4.61. The molecule has 1 fully saturated rings. The van der Waals surface area contributed by atoms with E-state index in [1.807, 2.05) is 11.6 Å². The van der Waals surface area contributed by atoms with Crippen LogP contribution in [-0.2, 0) is 24.2 Å². The van der Waals surface area contributed by atoms with Gasteiger partial charge < -0.3 is 10.5 Å². The molecule has 1 aliphatic rings. The van der Waals surface area contributed by atoms with Crippen LogP contribution in [0.5, 0.6) is 0 Å². The Bertz CT molecular complexity index is 346. The Hall–Kier alpha value is -0.940. The quantitative estimate of drug-likeness (QED) is 0.689. The van der Waals surface area contributed by atoms with Crippen LogP contribution in [0.3, 0.4) is 0 Å². The molecule has 5 heteroatoms. The van der Waals surface area contributed by atoms with Gasteiger partial charge in [0.25, 0.3) is 0 Å². The summed E-state index contributed by atoms with van der Waals surface area (Å²) >= 11 is 0. The van der Waals surface area contributed by atoms with Crippen LogP contribution in [0.15, 0.2) is 0 Å². The number of aromatic nitrogens is 3. The molecular weight excluding hydrogens is 216 g/mol. The molecular formula is C12H22N4O. The van der Waals surface area contributed by atoms with E-state index in [1.54, 1.807) is 0 Å². The van der Waals surface area contributed by atoms with Gasteiger partial charge in [-0.05, 0) is 38.5 Å². The molecule has 0 unspecified atom stereocenters. The largest absolute Gasteiger partial charge is 0.382 e. The molecule has 0 aliphatic heterocycles. The number of nitrogens with two attached hydrogens (primary N) is 1. The lowest BCUT2D eigenvalue weighted by atomic mass is 10.2. The Morgan fingerprint density at radius 3 is 2.94 bits per heavy atom. The van der Waals surface area contributed by atoms with Crippen LogP contribution in [0.1, 0.15) is 37.6 Å². The highest BCUT2D eigenvalue weighted by Gasteiger charge is 2.25. The smallest absolute Gasteiger partial charge is 0.0994 e. The maximum Gasteiger partial charge on any atom is 0.0994 e. The minimum Gasteiger partial charge on any atom is -0.382 e. The number of rotatable bonds is 8. The monoisotopic (exact) mass is 238 g/mol. The van der Waals surface area contributed by atoms with Crippen molar-refractivity contribution in [3.05, 3.63) is 11.4 Å². The van der Waals surface area contributed by atoms with Crippen molar-refractivity contribution in [3.8, 4) is 0 Å².